The van der Waals surface area contributed by atoms with E-state index >= 15 is 0 Å². The first-order chi connectivity index (χ1) is 15.6. The minimum atomic E-state index is -4.66. The molecule has 0 saturated heterocycles. The fraction of sp³-hybridized carbons (Fsp3) is 0.0435. The maximum atomic E-state index is 14.7. The molecule has 5 nitrogen and oxygen atoms in total. The van der Waals surface area contributed by atoms with E-state index in [9.17, 15) is 27.2 Å². The summed E-state index contributed by atoms with van der Waals surface area (Å²) in [7, 11) is 0. The second-order valence-corrected chi connectivity index (χ2v) is 7.34. The number of hydrogen-bond donors (Lipinski definition) is 1. The molecule has 0 aliphatic carbocycles. The largest absolute Gasteiger partial charge is 0.417 e. The Hall–Kier alpha value is -3.85. The van der Waals surface area contributed by atoms with Crippen LogP contribution in [0.25, 0.3) is 11.0 Å². The third kappa shape index (κ3) is 4.68. The molecule has 0 aliphatic rings. The summed E-state index contributed by atoms with van der Waals surface area (Å²) in [6, 6.07) is 10.6. The van der Waals surface area contributed by atoms with Gasteiger partial charge in [-0.2, -0.15) is 13.2 Å². The number of alkyl halides is 3. The van der Waals surface area contributed by atoms with Gasteiger partial charge in [0, 0.05) is 29.2 Å². The topological polar surface area (TPSA) is 72.0 Å². The fourth-order valence-corrected chi connectivity index (χ4v) is 3.41. The fourth-order valence-electron chi connectivity index (χ4n) is 3.13. The Bertz CT molecular complexity index is 1410. The Kier molecular flexibility index (Phi) is 5.82. The van der Waals surface area contributed by atoms with Gasteiger partial charge in [0.2, 0.25) is 0 Å². The van der Waals surface area contributed by atoms with E-state index in [2.05, 4.69) is 15.3 Å². The van der Waals surface area contributed by atoms with Gasteiger partial charge in [-0.25, -0.2) is 4.39 Å². The molecule has 10 heteroatoms. The van der Waals surface area contributed by atoms with Crippen LogP contribution in [-0.2, 0) is 6.18 Å². The quantitative estimate of drug-likeness (QED) is 0.295. The number of anilines is 1. The maximum Gasteiger partial charge on any atom is 0.417 e. The van der Waals surface area contributed by atoms with Crippen LogP contribution < -0.4 is 5.32 Å². The Morgan fingerprint density at radius 1 is 0.848 bits per heavy atom. The third-order valence-corrected chi connectivity index (χ3v) is 5.05. The van der Waals surface area contributed by atoms with Crippen molar-refractivity contribution in [3.05, 3.63) is 100 Å². The first-order valence-electron chi connectivity index (χ1n) is 9.36. The van der Waals surface area contributed by atoms with E-state index in [1.165, 1.54) is 36.7 Å². The van der Waals surface area contributed by atoms with Crippen molar-refractivity contribution in [2.24, 2.45) is 0 Å². The Morgan fingerprint density at radius 3 is 2.21 bits per heavy atom. The zero-order chi connectivity index (χ0) is 23.8. The van der Waals surface area contributed by atoms with Crippen molar-refractivity contribution in [2.45, 2.75) is 6.18 Å². The Labute approximate surface area is 189 Å². The van der Waals surface area contributed by atoms with Crippen LogP contribution in [-0.4, -0.2) is 21.7 Å². The van der Waals surface area contributed by atoms with E-state index in [1.54, 1.807) is 6.07 Å². The molecule has 0 bridgehead atoms. The molecule has 0 fully saturated rings. The normalized spacial score (nSPS) is 11.4. The SMILES string of the molecule is O=C(Nc1ccc(C(=O)c2ccc3nccnc3c2)c(F)c1)c1ccc(C(F)(F)F)c(Cl)c1. The summed E-state index contributed by atoms with van der Waals surface area (Å²) in [6.07, 6.45) is -1.68. The van der Waals surface area contributed by atoms with E-state index in [-0.39, 0.29) is 22.4 Å². The number of aromatic nitrogens is 2. The van der Waals surface area contributed by atoms with Gasteiger partial charge in [-0.3, -0.25) is 19.6 Å². The third-order valence-electron chi connectivity index (χ3n) is 4.74. The highest BCUT2D eigenvalue weighted by Gasteiger charge is 2.33. The highest BCUT2D eigenvalue weighted by Crippen LogP contribution is 2.35. The van der Waals surface area contributed by atoms with Crippen molar-refractivity contribution in [3.63, 3.8) is 0 Å². The average Bonchev–Trinajstić information content (AvgIpc) is 2.77. The molecule has 33 heavy (non-hydrogen) atoms. The lowest BCUT2D eigenvalue weighted by Gasteiger charge is -2.11. The molecule has 4 rings (SSSR count). The molecule has 4 aromatic rings. The summed E-state index contributed by atoms with van der Waals surface area (Å²) in [6.45, 7) is 0. The predicted molar refractivity (Wildman–Crippen MR) is 114 cm³/mol. The van der Waals surface area contributed by atoms with Gasteiger partial charge in [-0.05, 0) is 54.6 Å². The van der Waals surface area contributed by atoms with E-state index < -0.39 is 34.3 Å². The van der Waals surface area contributed by atoms with Crippen molar-refractivity contribution >= 4 is 40.0 Å². The van der Waals surface area contributed by atoms with Crippen LogP contribution in [0.3, 0.4) is 0 Å². The molecule has 0 saturated carbocycles. The molecule has 166 valence electrons. The van der Waals surface area contributed by atoms with Crippen molar-refractivity contribution in [2.75, 3.05) is 5.32 Å². The average molecular weight is 474 g/mol. The van der Waals surface area contributed by atoms with Crippen molar-refractivity contribution in [1.82, 2.24) is 9.97 Å². The molecule has 0 aliphatic heterocycles. The summed E-state index contributed by atoms with van der Waals surface area (Å²) in [4.78, 5) is 33.3. The van der Waals surface area contributed by atoms with Crippen LogP contribution >= 0.6 is 11.6 Å². The molecule has 1 N–H and O–H groups in total. The molecule has 0 unspecified atom stereocenters. The van der Waals surface area contributed by atoms with Crippen LogP contribution in [0.2, 0.25) is 5.02 Å². The van der Waals surface area contributed by atoms with Gasteiger partial charge in [0.1, 0.15) is 5.82 Å². The van der Waals surface area contributed by atoms with Crippen LogP contribution in [0.5, 0.6) is 0 Å². The number of carbonyl (C=O) groups is 2. The van der Waals surface area contributed by atoms with Gasteiger partial charge in [-0.15, -0.1) is 0 Å². The smallest absolute Gasteiger partial charge is 0.322 e. The molecule has 1 heterocycles. The predicted octanol–water partition coefficient (Wildman–Crippen LogP) is 5.92. The zero-order valence-electron chi connectivity index (χ0n) is 16.5. The molecule has 1 amide bonds. The van der Waals surface area contributed by atoms with Crippen LogP contribution in [0.1, 0.15) is 31.8 Å². The number of rotatable bonds is 4. The molecular weight excluding hydrogens is 462 g/mol. The lowest BCUT2D eigenvalue weighted by molar-refractivity contribution is -0.137. The summed E-state index contributed by atoms with van der Waals surface area (Å²) >= 11 is 5.63. The summed E-state index contributed by atoms with van der Waals surface area (Å²) in [5.41, 5.74) is -0.180. The number of benzene rings is 3. The molecular formula is C23H12ClF4N3O2. The van der Waals surface area contributed by atoms with Gasteiger partial charge in [0.25, 0.3) is 5.91 Å². The molecule has 0 atom stereocenters. The number of nitrogens with one attached hydrogen (secondary N) is 1. The standard InChI is InChI=1S/C23H12ClF4N3O2/c24-17-9-13(1-5-16(17)23(26,27)28)22(33)31-14-3-4-15(18(25)11-14)21(32)12-2-6-19-20(10-12)30-8-7-29-19/h1-11H,(H,31,33). The first kappa shape index (κ1) is 22.3. The van der Waals surface area contributed by atoms with Crippen molar-refractivity contribution in [1.29, 1.82) is 0 Å². The molecule has 3 aromatic carbocycles. The number of fused-ring (bicyclic) bond motifs is 1. The van der Waals surface area contributed by atoms with Gasteiger partial charge in [0.05, 0.1) is 27.2 Å². The second-order valence-electron chi connectivity index (χ2n) is 6.93. The molecule has 0 radical (unpaired) electrons. The Balaban J connectivity index is 1.54. The minimum Gasteiger partial charge on any atom is -0.322 e. The highest BCUT2D eigenvalue weighted by molar-refractivity contribution is 6.32. The number of ketones is 1. The van der Waals surface area contributed by atoms with Gasteiger partial charge < -0.3 is 5.32 Å². The first-order valence-corrected chi connectivity index (χ1v) is 9.74. The molecule has 1 aromatic heterocycles. The number of carbonyl (C=O) groups excluding carboxylic acids is 2. The highest BCUT2D eigenvalue weighted by atomic mass is 35.5. The summed E-state index contributed by atoms with van der Waals surface area (Å²) in [5, 5.41) is 1.73. The van der Waals surface area contributed by atoms with E-state index in [1.807, 2.05) is 0 Å². The minimum absolute atomic E-state index is 0.00875. The van der Waals surface area contributed by atoms with Crippen LogP contribution in [0.15, 0.2) is 67.0 Å². The Morgan fingerprint density at radius 2 is 1.55 bits per heavy atom. The van der Waals surface area contributed by atoms with Gasteiger partial charge >= 0.3 is 6.18 Å². The zero-order valence-corrected chi connectivity index (χ0v) is 17.2. The second kappa shape index (κ2) is 8.59. The lowest BCUT2D eigenvalue weighted by atomic mass is 10.0. The van der Waals surface area contributed by atoms with Gasteiger partial charge in [0.15, 0.2) is 5.78 Å². The van der Waals surface area contributed by atoms with Crippen LogP contribution in [0, 0.1) is 5.82 Å². The summed E-state index contributed by atoms with van der Waals surface area (Å²) in [5.74, 6) is -2.27. The molecule has 0 spiro atoms. The van der Waals surface area contributed by atoms with Crippen LogP contribution in [0.4, 0.5) is 23.2 Å². The van der Waals surface area contributed by atoms with Crippen molar-refractivity contribution < 1.29 is 27.2 Å². The number of nitrogens with zero attached hydrogens (tertiary/aromatic N) is 2. The van der Waals surface area contributed by atoms with Gasteiger partial charge in [-0.1, -0.05) is 11.6 Å². The van der Waals surface area contributed by atoms with E-state index in [4.69, 9.17) is 11.6 Å². The summed E-state index contributed by atoms with van der Waals surface area (Å²) < 4.78 is 53.1. The maximum absolute atomic E-state index is 14.7. The van der Waals surface area contributed by atoms with Crippen molar-refractivity contribution in [3.8, 4) is 0 Å². The lowest BCUT2D eigenvalue weighted by Crippen LogP contribution is -2.14. The number of halogens is 5. The number of hydrogen-bond acceptors (Lipinski definition) is 4. The van der Waals surface area contributed by atoms with E-state index in [0.29, 0.717) is 17.1 Å². The van der Waals surface area contributed by atoms with E-state index in [0.717, 1.165) is 18.2 Å². The monoisotopic (exact) mass is 473 g/mol. The number of amides is 1.